The third-order valence-corrected chi connectivity index (χ3v) is 0. The molecule has 40 valence electrons. The summed E-state index contributed by atoms with van der Waals surface area (Å²) in [5.41, 5.74) is 0. The molecule has 0 saturated heterocycles. The Morgan fingerprint density at radius 3 is 0.500 bits per heavy atom. The van der Waals surface area contributed by atoms with Gasteiger partial charge in [-0.1, -0.05) is 0 Å². The van der Waals surface area contributed by atoms with Gasteiger partial charge in [-0.15, -0.1) is 0 Å². The molecular formula is BaCl4Pd. The van der Waals surface area contributed by atoms with Crippen molar-refractivity contribution in [1.82, 2.24) is 0 Å². The molecular weight excluding hydrogens is 386 g/mol. The van der Waals surface area contributed by atoms with Gasteiger partial charge in [-0.05, 0) is 0 Å². The molecule has 0 fully saturated rings. The predicted octanol–water partition coefficient (Wildman–Crippen LogP) is -12.4. The zero-order chi connectivity index (χ0) is 0. The number of halogens is 4. The molecule has 0 aromatic rings. The van der Waals surface area contributed by atoms with Gasteiger partial charge in [0.05, 0.1) is 0 Å². The molecule has 0 amide bonds. The van der Waals surface area contributed by atoms with Crippen LogP contribution in [0.25, 0.3) is 0 Å². The minimum absolute atomic E-state index is 0. The van der Waals surface area contributed by atoms with E-state index >= 15 is 0 Å². The Morgan fingerprint density at radius 1 is 0.500 bits per heavy atom. The van der Waals surface area contributed by atoms with E-state index in [0.717, 1.165) is 0 Å². The molecule has 0 aromatic heterocycles. The largest absolute Gasteiger partial charge is 2.00 e. The molecule has 0 nitrogen and oxygen atoms in total. The van der Waals surface area contributed by atoms with Crippen LogP contribution in [0.15, 0.2) is 0 Å². The minimum Gasteiger partial charge on any atom is -1.00 e. The first-order valence-electron chi connectivity index (χ1n) is 0. The molecule has 0 aromatic carbocycles. The maximum absolute atomic E-state index is 0. The van der Waals surface area contributed by atoms with Crippen molar-refractivity contribution in [1.29, 1.82) is 0 Å². The molecule has 0 atom stereocenters. The van der Waals surface area contributed by atoms with Crippen LogP contribution in [0, 0.1) is 0 Å². The van der Waals surface area contributed by atoms with Crippen LogP contribution in [0.2, 0.25) is 0 Å². The van der Waals surface area contributed by atoms with Crippen LogP contribution in [0.3, 0.4) is 0 Å². The molecule has 0 N–H and O–H groups in total. The van der Waals surface area contributed by atoms with Crippen molar-refractivity contribution in [2.24, 2.45) is 0 Å². The first-order chi connectivity index (χ1) is 0. The number of hydrogen-bond acceptors (Lipinski definition) is 0. The van der Waals surface area contributed by atoms with Crippen molar-refractivity contribution in [3.05, 3.63) is 0 Å². The van der Waals surface area contributed by atoms with Crippen molar-refractivity contribution in [2.75, 3.05) is 0 Å². The zero-order valence-electron chi connectivity index (χ0n) is 2.54. The SMILES string of the molecule is [Ba+2].[Cl-].[Cl-].[Cl-].[Cl-].[Pd+2]. The molecule has 0 aliphatic rings. The van der Waals surface area contributed by atoms with Crippen LogP contribution in [0.1, 0.15) is 0 Å². The van der Waals surface area contributed by atoms with Crippen molar-refractivity contribution in [3.8, 4) is 0 Å². The van der Waals surface area contributed by atoms with E-state index in [4.69, 9.17) is 0 Å². The molecule has 6 heavy (non-hydrogen) atoms. The molecule has 0 spiro atoms. The fraction of sp³-hybridized carbons (Fsp3) is 0. The summed E-state index contributed by atoms with van der Waals surface area (Å²) in [6, 6.07) is 0. The maximum Gasteiger partial charge on any atom is 2.00 e. The second kappa shape index (κ2) is 39.8. The summed E-state index contributed by atoms with van der Waals surface area (Å²) in [4.78, 5) is 0. The van der Waals surface area contributed by atoms with Gasteiger partial charge in [0.25, 0.3) is 0 Å². The van der Waals surface area contributed by atoms with Gasteiger partial charge in [0, 0.05) is 0 Å². The molecule has 0 heterocycles. The number of rotatable bonds is 0. The monoisotopic (exact) mass is 384 g/mol. The van der Waals surface area contributed by atoms with Crippen LogP contribution in [-0.4, -0.2) is 48.9 Å². The maximum atomic E-state index is 0. The Balaban J connectivity index is 0. The van der Waals surface area contributed by atoms with Crippen LogP contribution < -0.4 is 49.6 Å². The van der Waals surface area contributed by atoms with E-state index in [-0.39, 0.29) is 119 Å². The van der Waals surface area contributed by atoms with E-state index in [1.165, 1.54) is 0 Å². The topological polar surface area (TPSA) is 0 Å². The minimum atomic E-state index is 0. The smallest absolute Gasteiger partial charge is 1.00 e. The predicted molar refractivity (Wildman–Crippen MR) is 5.75 cm³/mol. The summed E-state index contributed by atoms with van der Waals surface area (Å²) >= 11 is 0. The van der Waals surface area contributed by atoms with Gasteiger partial charge in [0.2, 0.25) is 0 Å². The van der Waals surface area contributed by atoms with Gasteiger partial charge < -0.3 is 49.6 Å². The standard InChI is InChI=1S/Ba.4ClH.Pd/h;4*1H;/q+2;;;;;+2/p-4. The van der Waals surface area contributed by atoms with E-state index in [1.54, 1.807) is 0 Å². The van der Waals surface area contributed by atoms with Crippen molar-refractivity contribution >= 4 is 48.9 Å². The fourth-order valence-corrected chi connectivity index (χ4v) is 0. The van der Waals surface area contributed by atoms with Crippen molar-refractivity contribution in [2.45, 2.75) is 0 Å². The van der Waals surface area contributed by atoms with Crippen LogP contribution in [0.5, 0.6) is 0 Å². The van der Waals surface area contributed by atoms with E-state index < -0.39 is 0 Å². The Kier molecular flexibility index (Phi) is 382. The van der Waals surface area contributed by atoms with Gasteiger partial charge >= 0.3 is 69.3 Å². The molecule has 0 rings (SSSR count). The van der Waals surface area contributed by atoms with E-state index in [0.29, 0.717) is 0 Å². The summed E-state index contributed by atoms with van der Waals surface area (Å²) in [5.74, 6) is 0. The van der Waals surface area contributed by atoms with E-state index in [9.17, 15) is 0 Å². The molecule has 6 heteroatoms. The Morgan fingerprint density at radius 2 is 0.500 bits per heavy atom. The van der Waals surface area contributed by atoms with Gasteiger partial charge in [-0.3, -0.25) is 0 Å². The van der Waals surface area contributed by atoms with Gasteiger partial charge in [0.1, 0.15) is 0 Å². The Labute approximate surface area is 116 Å². The van der Waals surface area contributed by atoms with Gasteiger partial charge in [-0.25, -0.2) is 0 Å². The molecule has 0 saturated carbocycles. The average Bonchev–Trinajstić information content (AvgIpc) is 0. The average molecular weight is 386 g/mol. The first-order valence-corrected chi connectivity index (χ1v) is 0. The molecule has 0 radical (unpaired) electrons. The molecule has 0 aliphatic carbocycles. The van der Waals surface area contributed by atoms with Crippen LogP contribution in [-0.2, 0) is 20.4 Å². The van der Waals surface area contributed by atoms with Crippen LogP contribution >= 0.6 is 0 Å². The van der Waals surface area contributed by atoms with Gasteiger partial charge in [0.15, 0.2) is 0 Å². The summed E-state index contributed by atoms with van der Waals surface area (Å²) < 4.78 is 0. The van der Waals surface area contributed by atoms with Gasteiger partial charge in [-0.2, -0.15) is 0 Å². The Bertz CT molecular complexity index is 7.51. The van der Waals surface area contributed by atoms with E-state index in [1.807, 2.05) is 0 Å². The quantitative estimate of drug-likeness (QED) is 0.364. The molecule has 0 bridgehead atoms. The molecule has 0 aliphatic heterocycles. The van der Waals surface area contributed by atoms with Crippen LogP contribution in [0.4, 0.5) is 0 Å². The first kappa shape index (κ1) is 57.5. The van der Waals surface area contributed by atoms with Crippen molar-refractivity contribution in [3.63, 3.8) is 0 Å². The van der Waals surface area contributed by atoms with Crippen molar-refractivity contribution < 1.29 is 70.1 Å². The third kappa shape index (κ3) is 26.2. The summed E-state index contributed by atoms with van der Waals surface area (Å²) in [6.45, 7) is 0. The Hall–Kier alpha value is 3.39. The summed E-state index contributed by atoms with van der Waals surface area (Å²) in [7, 11) is 0. The third-order valence-electron chi connectivity index (χ3n) is 0. The second-order valence-electron chi connectivity index (χ2n) is 0. The summed E-state index contributed by atoms with van der Waals surface area (Å²) in [5, 5.41) is 0. The zero-order valence-corrected chi connectivity index (χ0v) is 11.6. The fourth-order valence-electron chi connectivity index (χ4n) is 0. The normalized spacial score (nSPS) is 0. The van der Waals surface area contributed by atoms with E-state index in [2.05, 4.69) is 0 Å². The number of hydrogen-bond donors (Lipinski definition) is 0. The summed E-state index contributed by atoms with van der Waals surface area (Å²) in [6.07, 6.45) is 0. The molecule has 0 unspecified atom stereocenters. The second-order valence-corrected chi connectivity index (χ2v) is 0.